The normalized spacial score (nSPS) is 32.5. The van der Waals surface area contributed by atoms with Crippen molar-refractivity contribution in [3.05, 3.63) is 12.7 Å². The van der Waals surface area contributed by atoms with Gasteiger partial charge >= 0.3 is 0 Å². The van der Waals surface area contributed by atoms with Crippen molar-refractivity contribution in [2.45, 2.75) is 38.4 Å². The van der Waals surface area contributed by atoms with Crippen molar-refractivity contribution in [2.24, 2.45) is 0 Å². The summed E-state index contributed by atoms with van der Waals surface area (Å²) in [5.41, 5.74) is 0. The Morgan fingerprint density at radius 2 is 2.20 bits per heavy atom. The minimum atomic E-state index is 0.252. The molecule has 1 heterocycles. The Labute approximate surface area is 61.8 Å². The lowest BCUT2D eigenvalue weighted by Crippen LogP contribution is -2.04. The molecule has 1 aliphatic heterocycles. The van der Waals surface area contributed by atoms with Gasteiger partial charge in [0.1, 0.15) is 0 Å². The molecule has 0 radical (unpaired) electrons. The van der Waals surface area contributed by atoms with Crippen LogP contribution in [0.25, 0.3) is 0 Å². The van der Waals surface area contributed by atoms with Crippen LogP contribution in [0.4, 0.5) is 0 Å². The molecular weight excluding hydrogens is 128 g/mol. The van der Waals surface area contributed by atoms with Gasteiger partial charge in [-0.1, -0.05) is 13.0 Å². The predicted octanol–water partition coefficient (Wildman–Crippen LogP) is 2.06. The number of hydrogen-bond acceptors (Lipinski definition) is 2. The van der Waals surface area contributed by atoms with E-state index in [0.717, 1.165) is 19.3 Å². The van der Waals surface area contributed by atoms with E-state index in [4.69, 9.17) is 9.78 Å². The molecule has 0 saturated carbocycles. The van der Waals surface area contributed by atoms with E-state index in [-0.39, 0.29) is 6.10 Å². The third-order valence-corrected chi connectivity index (χ3v) is 1.74. The highest BCUT2D eigenvalue weighted by molar-refractivity contribution is 4.77. The van der Waals surface area contributed by atoms with E-state index in [1.165, 1.54) is 0 Å². The van der Waals surface area contributed by atoms with Crippen LogP contribution in [-0.4, -0.2) is 12.2 Å². The van der Waals surface area contributed by atoms with Gasteiger partial charge in [-0.15, -0.1) is 6.58 Å². The summed E-state index contributed by atoms with van der Waals surface area (Å²) in [4.78, 5) is 10.0. The fourth-order valence-corrected chi connectivity index (χ4v) is 1.09. The Kier molecular flexibility index (Phi) is 2.90. The van der Waals surface area contributed by atoms with Crippen molar-refractivity contribution in [3.8, 4) is 0 Å². The highest BCUT2D eigenvalue weighted by Gasteiger charge is 2.24. The fraction of sp³-hybridized carbons (Fsp3) is 0.750. The lowest BCUT2D eigenvalue weighted by molar-refractivity contribution is -0.295. The molecule has 1 aliphatic rings. The highest BCUT2D eigenvalue weighted by Crippen LogP contribution is 2.21. The Hall–Kier alpha value is -0.340. The van der Waals surface area contributed by atoms with E-state index in [1.807, 2.05) is 6.08 Å². The molecule has 1 saturated heterocycles. The first kappa shape index (κ1) is 7.76. The molecule has 1 fully saturated rings. The molecule has 58 valence electrons. The van der Waals surface area contributed by atoms with Gasteiger partial charge in [-0.2, -0.15) is 0 Å². The minimum Gasteiger partial charge on any atom is -0.233 e. The molecular formula is C8H14O2. The van der Waals surface area contributed by atoms with E-state index in [2.05, 4.69) is 13.5 Å². The van der Waals surface area contributed by atoms with E-state index < -0.39 is 0 Å². The van der Waals surface area contributed by atoms with Crippen LogP contribution in [0.5, 0.6) is 0 Å². The molecule has 0 aromatic rings. The maximum atomic E-state index is 5.03. The van der Waals surface area contributed by atoms with Crippen molar-refractivity contribution in [2.75, 3.05) is 0 Å². The highest BCUT2D eigenvalue weighted by atomic mass is 17.2. The quantitative estimate of drug-likeness (QED) is 0.443. The average molecular weight is 142 g/mol. The summed E-state index contributed by atoms with van der Waals surface area (Å²) in [6.45, 7) is 5.74. The summed E-state index contributed by atoms with van der Waals surface area (Å²) in [5.74, 6) is 0. The summed E-state index contributed by atoms with van der Waals surface area (Å²) >= 11 is 0. The maximum Gasteiger partial charge on any atom is 0.0990 e. The number of rotatable bonds is 3. The van der Waals surface area contributed by atoms with Crippen molar-refractivity contribution < 1.29 is 9.78 Å². The molecule has 0 bridgehead atoms. The zero-order chi connectivity index (χ0) is 7.40. The second-order valence-electron chi connectivity index (χ2n) is 2.60. The van der Waals surface area contributed by atoms with Gasteiger partial charge in [0, 0.05) is 6.42 Å². The monoisotopic (exact) mass is 142 g/mol. The summed E-state index contributed by atoms with van der Waals surface area (Å²) in [7, 11) is 0. The van der Waals surface area contributed by atoms with Gasteiger partial charge in [-0.05, 0) is 12.8 Å². The van der Waals surface area contributed by atoms with Crippen LogP contribution in [0.3, 0.4) is 0 Å². The van der Waals surface area contributed by atoms with E-state index in [0.29, 0.717) is 6.10 Å². The van der Waals surface area contributed by atoms with Gasteiger partial charge in [0.25, 0.3) is 0 Å². The first-order chi connectivity index (χ1) is 4.86. The molecule has 0 aliphatic carbocycles. The summed E-state index contributed by atoms with van der Waals surface area (Å²) in [6.07, 6.45) is 5.38. The van der Waals surface area contributed by atoms with Crippen molar-refractivity contribution in [1.82, 2.24) is 0 Å². The topological polar surface area (TPSA) is 18.5 Å². The van der Waals surface area contributed by atoms with Gasteiger partial charge in [0.15, 0.2) is 0 Å². The Bertz CT molecular complexity index is 112. The van der Waals surface area contributed by atoms with Crippen molar-refractivity contribution in [3.63, 3.8) is 0 Å². The van der Waals surface area contributed by atoms with E-state index in [9.17, 15) is 0 Å². The lowest BCUT2D eigenvalue weighted by atomic mass is 10.1. The van der Waals surface area contributed by atoms with Gasteiger partial charge < -0.3 is 0 Å². The third-order valence-electron chi connectivity index (χ3n) is 1.74. The van der Waals surface area contributed by atoms with Crippen molar-refractivity contribution >= 4 is 0 Å². The molecule has 0 spiro atoms. The first-order valence-corrected chi connectivity index (χ1v) is 3.79. The molecule has 10 heavy (non-hydrogen) atoms. The first-order valence-electron chi connectivity index (χ1n) is 3.79. The zero-order valence-corrected chi connectivity index (χ0v) is 6.38. The zero-order valence-electron chi connectivity index (χ0n) is 6.38. The predicted molar refractivity (Wildman–Crippen MR) is 39.5 cm³/mol. The number of hydrogen-bond donors (Lipinski definition) is 0. The summed E-state index contributed by atoms with van der Waals surface area (Å²) in [6, 6.07) is 0. The van der Waals surface area contributed by atoms with Crippen LogP contribution in [0, 0.1) is 0 Å². The van der Waals surface area contributed by atoms with E-state index in [1.54, 1.807) is 0 Å². The van der Waals surface area contributed by atoms with Crippen LogP contribution in [0.2, 0.25) is 0 Å². The molecule has 0 amide bonds. The lowest BCUT2D eigenvalue weighted by Gasteiger charge is -1.99. The largest absolute Gasteiger partial charge is 0.233 e. The van der Waals surface area contributed by atoms with Crippen LogP contribution >= 0.6 is 0 Å². The summed E-state index contributed by atoms with van der Waals surface area (Å²) < 4.78 is 0. The molecule has 0 aromatic heterocycles. The van der Waals surface area contributed by atoms with Crippen LogP contribution in [0.1, 0.15) is 26.2 Å². The van der Waals surface area contributed by atoms with Crippen LogP contribution < -0.4 is 0 Å². The SMILES string of the molecule is C=CCC1CC(CC)OO1. The molecule has 1 rings (SSSR count). The average Bonchev–Trinajstić information content (AvgIpc) is 2.37. The smallest absolute Gasteiger partial charge is 0.0990 e. The molecule has 2 nitrogen and oxygen atoms in total. The van der Waals surface area contributed by atoms with Gasteiger partial charge in [0.05, 0.1) is 12.2 Å². The van der Waals surface area contributed by atoms with Gasteiger partial charge in [-0.25, -0.2) is 9.78 Å². The molecule has 2 heteroatoms. The fourth-order valence-electron chi connectivity index (χ4n) is 1.09. The Morgan fingerprint density at radius 1 is 1.50 bits per heavy atom. The minimum absolute atomic E-state index is 0.252. The standard InChI is InChI=1S/C8H14O2/c1-3-5-8-6-7(4-2)9-10-8/h3,7-8H,1,4-6H2,2H3. The van der Waals surface area contributed by atoms with Crippen LogP contribution in [-0.2, 0) is 9.78 Å². The Morgan fingerprint density at radius 3 is 2.70 bits per heavy atom. The maximum absolute atomic E-state index is 5.03. The van der Waals surface area contributed by atoms with E-state index >= 15 is 0 Å². The molecule has 2 atom stereocenters. The molecule has 0 aromatic carbocycles. The van der Waals surface area contributed by atoms with Gasteiger partial charge in [-0.3, -0.25) is 0 Å². The van der Waals surface area contributed by atoms with Crippen molar-refractivity contribution in [1.29, 1.82) is 0 Å². The van der Waals surface area contributed by atoms with Crippen LogP contribution in [0.15, 0.2) is 12.7 Å². The molecule has 0 N–H and O–H groups in total. The van der Waals surface area contributed by atoms with Gasteiger partial charge in [0.2, 0.25) is 0 Å². The summed E-state index contributed by atoms with van der Waals surface area (Å²) in [5, 5.41) is 0. The third kappa shape index (κ3) is 1.82. The Balaban J connectivity index is 2.21. The second-order valence-corrected chi connectivity index (χ2v) is 2.60. The second kappa shape index (κ2) is 3.74. The molecule has 2 unspecified atom stereocenters.